The zero-order chi connectivity index (χ0) is 11.6. The van der Waals surface area contributed by atoms with E-state index >= 15 is 0 Å². The fourth-order valence-corrected chi connectivity index (χ4v) is 2.07. The molecule has 2 rings (SSSR count). The first-order valence-electron chi connectivity index (χ1n) is 5.43. The summed E-state index contributed by atoms with van der Waals surface area (Å²) in [7, 11) is 0. The maximum atomic E-state index is 13.4. The van der Waals surface area contributed by atoms with Gasteiger partial charge in [-0.15, -0.1) is 0 Å². The van der Waals surface area contributed by atoms with Gasteiger partial charge in [-0.3, -0.25) is 0 Å². The number of hydrogen-bond acceptors (Lipinski definition) is 1. The third-order valence-corrected chi connectivity index (χ3v) is 2.91. The smallest absolute Gasteiger partial charge is 0.126 e. The van der Waals surface area contributed by atoms with Crippen LogP contribution in [0.1, 0.15) is 24.8 Å². The zero-order valence-electron chi connectivity index (χ0n) is 8.92. The van der Waals surface area contributed by atoms with Crippen molar-refractivity contribution in [2.24, 2.45) is 0 Å². The number of aliphatic hydroxyl groups is 1. The second kappa shape index (κ2) is 4.34. The minimum atomic E-state index is -1.02. The second-order valence-corrected chi connectivity index (χ2v) is 4.31. The van der Waals surface area contributed by atoms with Gasteiger partial charge in [0.05, 0.1) is 5.60 Å². The summed E-state index contributed by atoms with van der Waals surface area (Å²) >= 11 is 0. The van der Waals surface area contributed by atoms with Crippen molar-refractivity contribution in [2.45, 2.75) is 31.3 Å². The van der Waals surface area contributed by atoms with Crippen LogP contribution in [-0.4, -0.2) is 10.7 Å². The van der Waals surface area contributed by atoms with Gasteiger partial charge in [0.2, 0.25) is 0 Å². The van der Waals surface area contributed by atoms with Crippen molar-refractivity contribution in [3.8, 4) is 0 Å². The summed E-state index contributed by atoms with van der Waals surface area (Å²) in [5, 5.41) is 10.2. The highest BCUT2D eigenvalue weighted by Crippen LogP contribution is 2.27. The van der Waals surface area contributed by atoms with E-state index in [1.54, 1.807) is 6.08 Å². The molecule has 0 heterocycles. The zero-order valence-corrected chi connectivity index (χ0v) is 8.92. The van der Waals surface area contributed by atoms with Gasteiger partial charge in [0.25, 0.3) is 0 Å². The number of rotatable bonds is 2. The van der Waals surface area contributed by atoms with Crippen LogP contribution in [0.5, 0.6) is 0 Å². The highest BCUT2D eigenvalue weighted by molar-refractivity contribution is 5.23. The van der Waals surface area contributed by atoms with Crippen molar-refractivity contribution in [1.82, 2.24) is 0 Å². The first-order chi connectivity index (χ1) is 7.59. The molecule has 1 nitrogen and oxygen atoms in total. The predicted molar refractivity (Wildman–Crippen MR) is 58.0 cm³/mol. The van der Waals surface area contributed by atoms with Crippen LogP contribution in [-0.2, 0) is 6.42 Å². The van der Waals surface area contributed by atoms with Crippen molar-refractivity contribution >= 4 is 0 Å². The summed E-state index contributed by atoms with van der Waals surface area (Å²) in [6.45, 7) is 0. The quantitative estimate of drug-likeness (QED) is 0.766. The van der Waals surface area contributed by atoms with E-state index in [-0.39, 0.29) is 12.0 Å². The molecular formula is C13H14F2O. The Morgan fingerprint density at radius 1 is 1.31 bits per heavy atom. The largest absolute Gasteiger partial charge is 0.385 e. The van der Waals surface area contributed by atoms with Crippen molar-refractivity contribution in [1.29, 1.82) is 0 Å². The highest BCUT2D eigenvalue weighted by atomic mass is 19.1. The first kappa shape index (κ1) is 11.3. The van der Waals surface area contributed by atoms with E-state index in [0.29, 0.717) is 6.42 Å². The molecular weight excluding hydrogens is 210 g/mol. The van der Waals surface area contributed by atoms with E-state index in [1.165, 1.54) is 0 Å². The SMILES string of the molecule is OC1(Cc2cc(F)ccc2F)C=CCCC1. The minimum absolute atomic E-state index is 0.132. The molecule has 1 aromatic rings. The lowest BCUT2D eigenvalue weighted by Gasteiger charge is -2.27. The van der Waals surface area contributed by atoms with Crippen LogP contribution in [0.3, 0.4) is 0 Å². The van der Waals surface area contributed by atoms with Crippen LogP contribution in [0.4, 0.5) is 8.78 Å². The standard InChI is InChI=1S/C13H14F2O/c14-11-4-5-12(15)10(8-11)9-13(16)6-2-1-3-7-13/h2,4-6,8,16H,1,3,7,9H2. The van der Waals surface area contributed by atoms with Gasteiger partial charge >= 0.3 is 0 Å². The Morgan fingerprint density at radius 3 is 2.81 bits per heavy atom. The molecule has 1 unspecified atom stereocenters. The fraction of sp³-hybridized carbons (Fsp3) is 0.385. The van der Waals surface area contributed by atoms with Gasteiger partial charge in [-0.05, 0) is 43.0 Å². The molecule has 0 saturated heterocycles. The van der Waals surface area contributed by atoms with Gasteiger partial charge in [0, 0.05) is 6.42 Å². The molecule has 16 heavy (non-hydrogen) atoms. The summed E-state index contributed by atoms with van der Waals surface area (Å²) in [5.41, 5.74) is -0.790. The van der Waals surface area contributed by atoms with E-state index in [0.717, 1.165) is 31.0 Å². The summed E-state index contributed by atoms with van der Waals surface area (Å²) in [5.74, 6) is -0.936. The van der Waals surface area contributed by atoms with Gasteiger partial charge in [0.15, 0.2) is 0 Å². The summed E-state index contributed by atoms with van der Waals surface area (Å²) in [4.78, 5) is 0. The van der Waals surface area contributed by atoms with E-state index in [1.807, 2.05) is 6.08 Å². The molecule has 3 heteroatoms. The molecule has 0 radical (unpaired) electrons. The lowest BCUT2D eigenvalue weighted by atomic mass is 9.85. The lowest BCUT2D eigenvalue weighted by Crippen LogP contribution is -2.30. The summed E-state index contributed by atoms with van der Waals surface area (Å²) in [6.07, 6.45) is 6.13. The van der Waals surface area contributed by atoms with E-state index < -0.39 is 17.2 Å². The molecule has 1 N–H and O–H groups in total. The Balaban J connectivity index is 2.22. The van der Waals surface area contributed by atoms with Crippen molar-refractivity contribution in [3.63, 3.8) is 0 Å². The van der Waals surface area contributed by atoms with E-state index in [4.69, 9.17) is 0 Å². The molecule has 1 aromatic carbocycles. The highest BCUT2D eigenvalue weighted by Gasteiger charge is 2.26. The average Bonchev–Trinajstić information content (AvgIpc) is 2.24. The lowest BCUT2D eigenvalue weighted by molar-refractivity contribution is 0.0741. The molecule has 0 saturated carbocycles. The molecule has 0 spiro atoms. The van der Waals surface area contributed by atoms with E-state index in [9.17, 15) is 13.9 Å². The number of halogens is 2. The van der Waals surface area contributed by atoms with Crippen molar-refractivity contribution < 1.29 is 13.9 Å². The molecule has 1 aliphatic carbocycles. The molecule has 0 amide bonds. The normalized spacial score (nSPS) is 24.7. The predicted octanol–water partition coefficient (Wildman–Crippen LogP) is 2.98. The molecule has 0 bridgehead atoms. The molecule has 1 aliphatic rings. The Labute approximate surface area is 93.4 Å². The third-order valence-electron chi connectivity index (χ3n) is 2.91. The van der Waals surface area contributed by atoms with Crippen LogP contribution in [0, 0.1) is 11.6 Å². The van der Waals surface area contributed by atoms with Gasteiger partial charge < -0.3 is 5.11 Å². The maximum absolute atomic E-state index is 13.4. The molecule has 1 atom stereocenters. The average molecular weight is 224 g/mol. The molecule has 0 fully saturated rings. The van der Waals surface area contributed by atoms with Gasteiger partial charge in [-0.1, -0.05) is 12.2 Å². The van der Waals surface area contributed by atoms with Gasteiger partial charge in [0.1, 0.15) is 11.6 Å². The summed E-state index contributed by atoms with van der Waals surface area (Å²) < 4.78 is 26.4. The van der Waals surface area contributed by atoms with Crippen molar-refractivity contribution in [3.05, 3.63) is 47.5 Å². The molecule has 0 aromatic heterocycles. The molecule has 0 aliphatic heterocycles. The minimum Gasteiger partial charge on any atom is -0.385 e. The number of hydrogen-bond donors (Lipinski definition) is 1. The Kier molecular flexibility index (Phi) is 3.06. The van der Waals surface area contributed by atoms with Crippen LogP contribution < -0.4 is 0 Å². The van der Waals surface area contributed by atoms with Gasteiger partial charge in [-0.2, -0.15) is 0 Å². The fourth-order valence-electron chi connectivity index (χ4n) is 2.07. The number of allylic oxidation sites excluding steroid dienone is 1. The Hall–Kier alpha value is -1.22. The Morgan fingerprint density at radius 2 is 2.12 bits per heavy atom. The molecule has 86 valence electrons. The second-order valence-electron chi connectivity index (χ2n) is 4.31. The van der Waals surface area contributed by atoms with Crippen LogP contribution >= 0.6 is 0 Å². The summed E-state index contributed by atoms with van der Waals surface area (Å²) in [6, 6.07) is 3.33. The van der Waals surface area contributed by atoms with E-state index in [2.05, 4.69) is 0 Å². The monoisotopic (exact) mass is 224 g/mol. The number of benzene rings is 1. The third kappa shape index (κ3) is 2.47. The van der Waals surface area contributed by atoms with Crippen LogP contribution in [0.25, 0.3) is 0 Å². The van der Waals surface area contributed by atoms with Crippen LogP contribution in [0.2, 0.25) is 0 Å². The van der Waals surface area contributed by atoms with Gasteiger partial charge in [-0.25, -0.2) is 8.78 Å². The topological polar surface area (TPSA) is 20.2 Å². The van der Waals surface area contributed by atoms with Crippen molar-refractivity contribution in [2.75, 3.05) is 0 Å². The van der Waals surface area contributed by atoms with Crippen LogP contribution in [0.15, 0.2) is 30.4 Å². The maximum Gasteiger partial charge on any atom is 0.126 e. The first-order valence-corrected chi connectivity index (χ1v) is 5.43. The Bertz CT molecular complexity index is 414.